The van der Waals surface area contributed by atoms with Gasteiger partial charge in [0.05, 0.1) is 17.6 Å². The number of benzene rings is 1. The molecule has 1 atom stereocenters. The maximum atomic E-state index is 12.3. The van der Waals surface area contributed by atoms with Crippen LogP contribution < -0.4 is 5.32 Å². The molecule has 1 heterocycles. The summed E-state index contributed by atoms with van der Waals surface area (Å²) in [6.45, 7) is 6.44. The van der Waals surface area contributed by atoms with E-state index in [1.54, 1.807) is 6.20 Å². The lowest BCUT2D eigenvalue weighted by molar-refractivity contribution is -0.139. The van der Waals surface area contributed by atoms with Crippen LogP contribution in [-0.2, 0) is 14.9 Å². The van der Waals surface area contributed by atoms with Crippen molar-refractivity contribution < 1.29 is 9.53 Å². The number of esters is 1. The molecular weight excluding hydrogens is 250 g/mol. The molecule has 106 valence electrons. The Morgan fingerprint density at radius 1 is 1.30 bits per heavy atom. The van der Waals surface area contributed by atoms with Crippen molar-refractivity contribution in [3.63, 3.8) is 0 Å². The molecule has 1 aromatic carbocycles. The van der Waals surface area contributed by atoms with E-state index in [0.29, 0.717) is 12.2 Å². The number of rotatable bonds is 4. The van der Waals surface area contributed by atoms with Gasteiger partial charge in [0.15, 0.2) is 0 Å². The number of carbonyl (C=O) groups is 1. The smallest absolute Gasteiger partial charge is 0.336 e. The Kier molecular flexibility index (Phi) is 4.28. The Labute approximate surface area is 120 Å². The second-order valence-corrected chi connectivity index (χ2v) is 5.17. The lowest BCUT2D eigenvalue weighted by Gasteiger charge is -2.38. The second kappa shape index (κ2) is 5.95. The number of carbonyl (C=O) groups excluding carboxylic acids is 1. The summed E-state index contributed by atoms with van der Waals surface area (Å²) in [5.41, 5.74) is 1.31. The molecule has 20 heavy (non-hydrogen) atoms. The van der Waals surface area contributed by atoms with Crippen LogP contribution in [-0.4, -0.2) is 12.6 Å². The van der Waals surface area contributed by atoms with Crippen molar-refractivity contribution >= 4 is 5.97 Å². The molecule has 0 bridgehead atoms. The van der Waals surface area contributed by atoms with Gasteiger partial charge in [-0.25, -0.2) is 4.79 Å². The van der Waals surface area contributed by atoms with Gasteiger partial charge in [-0.2, -0.15) is 0 Å². The van der Waals surface area contributed by atoms with Gasteiger partial charge in [-0.05, 0) is 24.6 Å². The van der Waals surface area contributed by atoms with E-state index in [1.807, 2.05) is 31.3 Å². The molecule has 0 saturated carbocycles. The van der Waals surface area contributed by atoms with E-state index in [0.717, 1.165) is 5.56 Å². The molecule has 0 aromatic heterocycles. The van der Waals surface area contributed by atoms with Crippen molar-refractivity contribution in [3.05, 3.63) is 59.9 Å². The zero-order valence-corrected chi connectivity index (χ0v) is 12.2. The summed E-state index contributed by atoms with van der Waals surface area (Å²) in [6, 6.07) is 10.1. The molecule has 0 amide bonds. The fourth-order valence-electron chi connectivity index (χ4n) is 2.76. The normalized spacial score (nSPS) is 21.3. The number of hydrogen-bond acceptors (Lipinski definition) is 3. The highest BCUT2D eigenvalue weighted by atomic mass is 16.5. The SMILES string of the molecule is CCOC(=O)C1=CNC=CC1(c1ccccc1)C(C)C. The number of hydrogen-bond donors (Lipinski definition) is 1. The van der Waals surface area contributed by atoms with Crippen LogP contribution in [0.1, 0.15) is 26.3 Å². The van der Waals surface area contributed by atoms with E-state index in [4.69, 9.17) is 4.74 Å². The molecule has 0 saturated heterocycles. The van der Waals surface area contributed by atoms with Crippen LogP contribution in [0.3, 0.4) is 0 Å². The van der Waals surface area contributed by atoms with Crippen LogP contribution >= 0.6 is 0 Å². The van der Waals surface area contributed by atoms with Crippen LogP contribution in [0.5, 0.6) is 0 Å². The minimum Gasteiger partial charge on any atom is -0.463 e. The molecule has 1 aliphatic heterocycles. The fourth-order valence-corrected chi connectivity index (χ4v) is 2.76. The molecule has 1 aromatic rings. The number of dihydropyridines is 1. The summed E-state index contributed by atoms with van der Waals surface area (Å²) in [7, 11) is 0. The first-order valence-electron chi connectivity index (χ1n) is 7.00. The maximum Gasteiger partial charge on any atom is 0.336 e. The molecule has 1 aliphatic rings. The molecule has 1 unspecified atom stereocenters. The largest absolute Gasteiger partial charge is 0.463 e. The Hall–Kier alpha value is -2.03. The highest BCUT2D eigenvalue weighted by Crippen LogP contribution is 2.42. The Balaban J connectivity index is 2.55. The van der Waals surface area contributed by atoms with E-state index in [2.05, 4.69) is 37.4 Å². The Bertz CT molecular complexity index is 531. The van der Waals surface area contributed by atoms with Gasteiger partial charge in [0.2, 0.25) is 0 Å². The molecule has 0 radical (unpaired) electrons. The Morgan fingerprint density at radius 2 is 2.00 bits per heavy atom. The van der Waals surface area contributed by atoms with Crippen LogP contribution in [0.4, 0.5) is 0 Å². The highest BCUT2D eigenvalue weighted by molar-refractivity contribution is 5.92. The standard InChI is InChI=1S/C17H21NO2/c1-4-20-16(19)15-12-18-11-10-17(15,13(2)3)14-8-6-5-7-9-14/h5-13,18H,4H2,1-3H3. The first-order valence-corrected chi connectivity index (χ1v) is 7.00. The third-order valence-corrected chi connectivity index (χ3v) is 3.77. The van der Waals surface area contributed by atoms with Gasteiger partial charge in [0.25, 0.3) is 0 Å². The van der Waals surface area contributed by atoms with Gasteiger partial charge in [-0.15, -0.1) is 0 Å². The molecule has 3 nitrogen and oxygen atoms in total. The quantitative estimate of drug-likeness (QED) is 0.855. The lowest BCUT2D eigenvalue weighted by atomic mass is 9.66. The van der Waals surface area contributed by atoms with Crippen molar-refractivity contribution in [2.45, 2.75) is 26.2 Å². The van der Waals surface area contributed by atoms with Gasteiger partial charge in [-0.3, -0.25) is 0 Å². The van der Waals surface area contributed by atoms with Crippen molar-refractivity contribution in [3.8, 4) is 0 Å². The van der Waals surface area contributed by atoms with Gasteiger partial charge < -0.3 is 10.1 Å². The first kappa shape index (κ1) is 14.4. The van der Waals surface area contributed by atoms with Gasteiger partial charge in [-0.1, -0.05) is 50.3 Å². The van der Waals surface area contributed by atoms with E-state index in [9.17, 15) is 4.79 Å². The summed E-state index contributed by atoms with van der Waals surface area (Å²) in [4.78, 5) is 12.3. The van der Waals surface area contributed by atoms with Crippen molar-refractivity contribution in [1.82, 2.24) is 5.32 Å². The summed E-state index contributed by atoms with van der Waals surface area (Å²) in [6.07, 6.45) is 5.69. The molecule has 0 aliphatic carbocycles. The average Bonchev–Trinajstić information content (AvgIpc) is 2.48. The van der Waals surface area contributed by atoms with E-state index < -0.39 is 5.41 Å². The monoisotopic (exact) mass is 271 g/mol. The molecule has 2 rings (SSSR count). The molecule has 0 fully saturated rings. The third kappa shape index (κ3) is 2.36. The second-order valence-electron chi connectivity index (χ2n) is 5.17. The zero-order valence-electron chi connectivity index (χ0n) is 12.2. The van der Waals surface area contributed by atoms with E-state index in [-0.39, 0.29) is 11.9 Å². The summed E-state index contributed by atoms with van der Waals surface area (Å²) >= 11 is 0. The maximum absolute atomic E-state index is 12.3. The van der Waals surface area contributed by atoms with Crippen molar-refractivity contribution in [2.75, 3.05) is 6.61 Å². The van der Waals surface area contributed by atoms with E-state index in [1.165, 1.54) is 0 Å². The van der Waals surface area contributed by atoms with Gasteiger partial charge in [0, 0.05) is 6.20 Å². The summed E-state index contributed by atoms with van der Waals surface area (Å²) < 4.78 is 5.23. The average molecular weight is 271 g/mol. The van der Waals surface area contributed by atoms with Crippen molar-refractivity contribution in [2.24, 2.45) is 5.92 Å². The summed E-state index contributed by atoms with van der Waals surface area (Å²) in [5, 5.41) is 3.01. The Morgan fingerprint density at radius 3 is 2.60 bits per heavy atom. The predicted molar refractivity (Wildman–Crippen MR) is 79.9 cm³/mol. The lowest BCUT2D eigenvalue weighted by Crippen LogP contribution is -2.39. The van der Waals surface area contributed by atoms with Crippen LogP contribution in [0, 0.1) is 5.92 Å². The number of allylic oxidation sites excluding steroid dienone is 1. The minimum atomic E-state index is -0.446. The topological polar surface area (TPSA) is 38.3 Å². The number of ether oxygens (including phenoxy) is 1. The van der Waals surface area contributed by atoms with Crippen LogP contribution in [0.15, 0.2) is 54.4 Å². The first-order chi connectivity index (χ1) is 9.63. The third-order valence-electron chi connectivity index (χ3n) is 3.77. The molecular formula is C17H21NO2. The summed E-state index contributed by atoms with van der Waals surface area (Å²) in [5.74, 6) is -0.0270. The van der Waals surface area contributed by atoms with Crippen molar-refractivity contribution in [1.29, 1.82) is 0 Å². The van der Waals surface area contributed by atoms with E-state index >= 15 is 0 Å². The predicted octanol–water partition coefficient (Wildman–Crippen LogP) is 3.14. The number of nitrogens with one attached hydrogen (secondary N) is 1. The van der Waals surface area contributed by atoms with Crippen LogP contribution in [0.25, 0.3) is 0 Å². The molecule has 0 spiro atoms. The van der Waals surface area contributed by atoms with Crippen LogP contribution in [0.2, 0.25) is 0 Å². The zero-order chi connectivity index (χ0) is 14.6. The highest BCUT2D eigenvalue weighted by Gasteiger charge is 2.42. The van der Waals surface area contributed by atoms with Gasteiger partial charge in [0.1, 0.15) is 0 Å². The molecule has 3 heteroatoms. The minimum absolute atomic E-state index is 0.235. The van der Waals surface area contributed by atoms with Gasteiger partial charge >= 0.3 is 5.97 Å². The fraction of sp³-hybridized carbons (Fsp3) is 0.353. The molecule has 1 N–H and O–H groups in total.